The van der Waals surface area contributed by atoms with Gasteiger partial charge < -0.3 is 24.4 Å². The summed E-state index contributed by atoms with van der Waals surface area (Å²) < 4.78 is 16.0. The molecular weight excluding hydrogens is 552 g/mol. The Morgan fingerprint density at radius 1 is 0.810 bits per heavy atom. The number of ether oxygens (including phenoxy) is 3. The molecule has 0 aliphatic heterocycles. The van der Waals surface area contributed by atoms with E-state index >= 15 is 0 Å². The number of nitrogens with one attached hydrogen (secondary N) is 1. The molecule has 1 heterocycles. The number of methoxy groups -OCH3 is 3. The number of hydrogen-bond acceptors (Lipinski definition) is 8. The van der Waals surface area contributed by atoms with Gasteiger partial charge >= 0.3 is 0 Å². The third-order valence-corrected chi connectivity index (χ3v) is 7.97. The molecule has 0 fully saturated rings. The third-order valence-electron chi connectivity index (χ3n) is 7.08. The predicted octanol–water partition coefficient (Wildman–Crippen LogP) is 6.77. The van der Waals surface area contributed by atoms with E-state index in [2.05, 4.69) is 22.4 Å². The van der Waals surface area contributed by atoms with Gasteiger partial charge in [0.2, 0.25) is 16.9 Å². The van der Waals surface area contributed by atoms with Crippen molar-refractivity contribution in [3.05, 3.63) is 48.0 Å². The Bertz CT molecular complexity index is 1250. The monoisotopic (exact) mass is 596 g/mol. The van der Waals surface area contributed by atoms with Crippen LogP contribution in [0.25, 0.3) is 10.6 Å². The van der Waals surface area contributed by atoms with E-state index in [9.17, 15) is 9.59 Å². The van der Waals surface area contributed by atoms with E-state index in [-0.39, 0.29) is 18.2 Å². The second-order valence-electron chi connectivity index (χ2n) is 10.1. The molecule has 1 N–H and O–H groups in total. The molecule has 9 nitrogen and oxygen atoms in total. The molecule has 10 heteroatoms. The maximum atomic E-state index is 13.2. The van der Waals surface area contributed by atoms with E-state index in [0.717, 1.165) is 36.1 Å². The molecule has 0 saturated carbocycles. The quantitative estimate of drug-likeness (QED) is 0.152. The number of anilines is 1. The zero-order chi connectivity index (χ0) is 30.2. The van der Waals surface area contributed by atoms with Crippen LogP contribution in [0.3, 0.4) is 0 Å². The second kappa shape index (κ2) is 18.0. The van der Waals surface area contributed by atoms with Crippen molar-refractivity contribution in [1.29, 1.82) is 0 Å². The summed E-state index contributed by atoms with van der Waals surface area (Å²) in [5, 5.41) is 12.3. The molecule has 42 heavy (non-hydrogen) atoms. The molecular formula is C32H44N4O5S. The molecule has 3 rings (SSSR count). The van der Waals surface area contributed by atoms with Gasteiger partial charge in [0.25, 0.3) is 0 Å². The Morgan fingerprint density at radius 2 is 1.52 bits per heavy atom. The molecule has 2 aromatic carbocycles. The SMILES string of the molecule is CCCCCCCCCC(=O)N(CCC(=O)Nc1nnc(-c2ccc(OC)cc2)s1)CCc1ccc(OC)c(OC)c1. The van der Waals surface area contributed by atoms with Crippen LogP contribution in [0.4, 0.5) is 5.13 Å². The zero-order valence-electron chi connectivity index (χ0n) is 25.3. The van der Waals surface area contributed by atoms with Gasteiger partial charge in [0, 0.05) is 31.5 Å². The highest BCUT2D eigenvalue weighted by Gasteiger charge is 2.17. The molecule has 0 unspecified atom stereocenters. The van der Waals surface area contributed by atoms with Crippen LogP contribution in [0.5, 0.6) is 17.2 Å². The topological polar surface area (TPSA) is 103 Å². The molecule has 0 atom stereocenters. The first kappa shape index (κ1) is 32.8. The molecule has 0 aliphatic carbocycles. The maximum Gasteiger partial charge on any atom is 0.227 e. The minimum absolute atomic E-state index is 0.0783. The summed E-state index contributed by atoms with van der Waals surface area (Å²) in [6.07, 6.45) is 9.35. The van der Waals surface area contributed by atoms with Crippen LogP contribution in [0.2, 0.25) is 0 Å². The van der Waals surface area contributed by atoms with E-state index in [0.29, 0.717) is 47.6 Å². The molecule has 0 saturated heterocycles. The number of amides is 2. The van der Waals surface area contributed by atoms with E-state index in [1.807, 2.05) is 42.5 Å². The lowest BCUT2D eigenvalue weighted by molar-refractivity contribution is -0.131. The summed E-state index contributed by atoms with van der Waals surface area (Å²) in [6.45, 7) is 3.06. The van der Waals surface area contributed by atoms with E-state index in [4.69, 9.17) is 14.2 Å². The number of benzene rings is 2. The minimum atomic E-state index is -0.202. The Labute approximate surface area is 253 Å². The van der Waals surface area contributed by atoms with Crippen LogP contribution in [-0.4, -0.2) is 61.3 Å². The summed E-state index contributed by atoms with van der Waals surface area (Å²) in [5.41, 5.74) is 1.93. The van der Waals surface area contributed by atoms with Gasteiger partial charge in [-0.3, -0.25) is 9.59 Å². The smallest absolute Gasteiger partial charge is 0.227 e. The van der Waals surface area contributed by atoms with Crippen LogP contribution in [0.15, 0.2) is 42.5 Å². The average molecular weight is 597 g/mol. The average Bonchev–Trinajstić information content (AvgIpc) is 3.48. The zero-order valence-corrected chi connectivity index (χ0v) is 26.1. The summed E-state index contributed by atoms with van der Waals surface area (Å²) in [5.74, 6) is 1.95. The Morgan fingerprint density at radius 3 is 2.21 bits per heavy atom. The largest absolute Gasteiger partial charge is 0.497 e. The van der Waals surface area contributed by atoms with Crippen molar-refractivity contribution < 1.29 is 23.8 Å². The van der Waals surface area contributed by atoms with Crippen molar-refractivity contribution in [1.82, 2.24) is 15.1 Å². The van der Waals surface area contributed by atoms with Gasteiger partial charge in [0.05, 0.1) is 21.3 Å². The van der Waals surface area contributed by atoms with Crippen molar-refractivity contribution in [2.45, 2.75) is 71.1 Å². The normalized spacial score (nSPS) is 10.8. The number of unbranched alkanes of at least 4 members (excludes halogenated alkanes) is 6. The standard InChI is InChI=1S/C32H44N4O5S/c1-5-6-7-8-9-10-11-12-30(38)36(21-19-24-13-18-27(40-3)28(23-24)41-4)22-20-29(37)33-32-35-34-31(42-32)25-14-16-26(39-2)17-15-25/h13-18,23H,5-12,19-22H2,1-4H3,(H,33,35,37). The summed E-state index contributed by atoms with van der Waals surface area (Å²) in [7, 11) is 4.83. The lowest BCUT2D eigenvalue weighted by Gasteiger charge is -2.23. The first-order chi connectivity index (χ1) is 20.5. The highest BCUT2D eigenvalue weighted by molar-refractivity contribution is 7.18. The fourth-order valence-electron chi connectivity index (χ4n) is 4.60. The minimum Gasteiger partial charge on any atom is -0.497 e. The van der Waals surface area contributed by atoms with E-state index in [1.54, 1.807) is 26.2 Å². The van der Waals surface area contributed by atoms with Gasteiger partial charge in [-0.2, -0.15) is 0 Å². The number of nitrogens with zero attached hydrogens (tertiary/aromatic N) is 3. The fraction of sp³-hybridized carbons (Fsp3) is 0.500. The fourth-order valence-corrected chi connectivity index (χ4v) is 5.36. The van der Waals surface area contributed by atoms with Crippen LogP contribution in [-0.2, 0) is 16.0 Å². The van der Waals surface area contributed by atoms with E-state index < -0.39 is 0 Å². The molecule has 0 bridgehead atoms. The third kappa shape index (κ3) is 10.6. The number of aromatic nitrogens is 2. The van der Waals surface area contributed by atoms with Crippen molar-refractivity contribution in [3.63, 3.8) is 0 Å². The van der Waals surface area contributed by atoms with E-state index in [1.165, 1.54) is 37.0 Å². The lowest BCUT2D eigenvalue weighted by atomic mass is 10.1. The number of carbonyl (C=O) groups is 2. The molecule has 228 valence electrons. The van der Waals surface area contributed by atoms with Crippen LogP contribution >= 0.6 is 11.3 Å². The van der Waals surface area contributed by atoms with Crippen molar-refractivity contribution >= 4 is 28.3 Å². The van der Waals surface area contributed by atoms with Gasteiger partial charge in [0.15, 0.2) is 11.5 Å². The van der Waals surface area contributed by atoms with Crippen LogP contribution in [0.1, 0.15) is 70.3 Å². The predicted molar refractivity (Wildman–Crippen MR) is 168 cm³/mol. The highest BCUT2D eigenvalue weighted by Crippen LogP contribution is 2.29. The number of carbonyl (C=O) groups excluding carboxylic acids is 2. The Kier molecular flexibility index (Phi) is 14.1. The summed E-state index contributed by atoms with van der Waals surface area (Å²) in [6, 6.07) is 13.3. The number of hydrogen-bond donors (Lipinski definition) is 1. The molecule has 3 aromatic rings. The second-order valence-corrected chi connectivity index (χ2v) is 11.1. The summed E-state index contributed by atoms with van der Waals surface area (Å²) in [4.78, 5) is 27.8. The molecule has 0 radical (unpaired) electrons. The van der Waals surface area contributed by atoms with Gasteiger partial charge in [-0.25, -0.2) is 0 Å². The van der Waals surface area contributed by atoms with Gasteiger partial charge in [-0.05, 0) is 54.8 Å². The maximum absolute atomic E-state index is 13.2. The van der Waals surface area contributed by atoms with Crippen molar-refractivity contribution in [2.24, 2.45) is 0 Å². The molecule has 2 amide bonds. The number of rotatable bonds is 19. The first-order valence-corrected chi connectivity index (χ1v) is 15.6. The summed E-state index contributed by atoms with van der Waals surface area (Å²) >= 11 is 1.31. The molecule has 1 aromatic heterocycles. The van der Waals surface area contributed by atoms with Gasteiger partial charge in [-0.15, -0.1) is 10.2 Å². The Balaban J connectivity index is 1.56. The molecule has 0 spiro atoms. The highest BCUT2D eigenvalue weighted by atomic mass is 32.1. The van der Waals surface area contributed by atoms with Crippen LogP contribution in [0, 0.1) is 0 Å². The Hall–Kier alpha value is -3.66. The van der Waals surface area contributed by atoms with Gasteiger partial charge in [0.1, 0.15) is 10.8 Å². The first-order valence-electron chi connectivity index (χ1n) is 14.7. The van der Waals surface area contributed by atoms with Crippen LogP contribution < -0.4 is 19.5 Å². The molecule has 0 aliphatic rings. The van der Waals surface area contributed by atoms with Crippen molar-refractivity contribution in [3.8, 4) is 27.8 Å². The van der Waals surface area contributed by atoms with Gasteiger partial charge in [-0.1, -0.05) is 62.9 Å². The van der Waals surface area contributed by atoms with Crippen molar-refractivity contribution in [2.75, 3.05) is 39.7 Å². The lowest BCUT2D eigenvalue weighted by Crippen LogP contribution is -2.35.